The largest absolute Gasteiger partial charge is 0.486 e. The summed E-state index contributed by atoms with van der Waals surface area (Å²) in [6.07, 6.45) is 0.209. The molecule has 0 aliphatic carbocycles. The highest BCUT2D eigenvalue weighted by Crippen LogP contribution is 2.19. The molecule has 1 aromatic carbocycles. The summed E-state index contributed by atoms with van der Waals surface area (Å²) in [6.45, 7) is 2.53. The molecule has 0 bridgehead atoms. The molecule has 2 heterocycles. The van der Waals surface area contributed by atoms with E-state index in [-0.39, 0.29) is 29.3 Å². The molecule has 0 spiro atoms. The normalized spacial score (nSPS) is 20.0. The van der Waals surface area contributed by atoms with Crippen LogP contribution in [-0.2, 0) is 4.74 Å². The zero-order chi connectivity index (χ0) is 17.8. The maximum atomic E-state index is 12.3. The van der Waals surface area contributed by atoms with E-state index in [1.54, 1.807) is 19.1 Å². The van der Waals surface area contributed by atoms with Crippen LogP contribution < -0.4 is 10.1 Å². The SMILES string of the molecule is Cc1n[nH]nc1C(=O)N[C@@H]1CCOC[C@H]1Oc1ccc(C(=O)O)cc1. The Balaban J connectivity index is 1.67. The number of rotatable bonds is 5. The predicted octanol–water partition coefficient (Wildman–Crippen LogP) is 0.778. The van der Waals surface area contributed by atoms with E-state index in [1.165, 1.54) is 12.1 Å². The Labute approximate surface area is 143 Å². The van der Waals surface area contributed by atoms with Gasteiger partial charge in [0, 0.05) is 6.61 Å². The van der Waals surface area contributed by atoms with Gasteiger partial charge >= 0.3 is 5.97 Å². The zero-order valence-corrected chi connectivity index (χ0v) is 13.6. The fraction of sp³-hybridized carbons (Fsp3) is 0.375. The van der Waals surface area contributed by atoms with Gasteiger partial charge in [0.2, 0.25) is 0 Å². The third-order valence-corrected chi connectivity index (χ3v) is 3.95. The lowest BCUT2D eigenvalue weighted by Gasteiger charge is -2.32. The molecule has 25 heavy (non-hydrogen) atoms. The molecule has 3 N–H and O–H groups in total. The average Bonchev–Trinajstić information content (AvgIpc) is 3.03. The third-order valence-electron chi connectivity index (χ3n) is 3.95. The van der Waals surface area contributed by atoms with Crippen LogP contribution in [0.5, 0.6) is 5.75 Å². The summed E-state index contributed by atoms with van der Waals surface area (Å²) in [5.74, 6) is -0.814. The Hall–Kier alpha value is -2.94. The van der Waals surface area contributed by atoms with Gasteiger partial charge in [-0.25, -0.2) is 4.79 Å². The third kappa shape index (κ3) is 3.94. The summed E-state index contributed by atoms with van der Waals surface area (Å²) in [6, 6.07) is 5.84. The number of carboxylic acids is 1. The van der Waals surface area contributed by atoms with Gasteiger partial charge in [0.05, 0.1) is 23.9 Å². The van der Waals surface area contributed by atoms with E-state index in [2.05, 4.69) is 20.7 Å². The van der Waals surface area contributed by atoms with E-state index >= 15 is 0 Å². The van der Waals surface area contributed by atoms with E-state index in [4.69, 9.17) is 14.6 Å². The lowest BCUT2D eigenvalue weighted by Crippen LogP contribution is -2.51. The van der Waals surface area contributed by atoms with E-state index in [0.29, 0.717) is 31.1 Å². The lowest BCUT2D eigenvalue weighted by atomic mass is 10.1. The number of carboxylic acid groups (broad SMARTS) is 1. The molecule has 1 aromatic heterocycles. The fourth-order valence-electron chi connectivity index (χ4n) is 2.58. The maximum absolute atomic E-state index is 12.3. The van der Waals surface area contributed by atoms with Gasteiger partial charge in [-0.3, -0.25) is 4.79 Å². The summed E-state index contributed by atoms with van der Waals surface area (Å²) < 4.78 is 11.3. The Morgan fingerprint density at radius 1 is 1.32 bits per heavy atom. The van der Waals surface area contributed by atoms with E-state index in [9.17, 15) is 9.59 Å². The minimum absolute atomic E-state index is 0.179. The predicted molar refractivity (Wildman–Crippen MR) is 85.6 cm³/mol. The number of benzene rings is 1. The molecular formula is C16H18N4O5. The molecule has 1 saturated heterocycles. The van der Waals surface area contributed by atoms with E-state index in [1.807, 2.05) is 0 Å². The van der Waals surface area contributed by atoms with Crippen molar-refractivity contribution < 1.29 is 24.2 Å². The minimum Gasteiger partial charge on any atom is -0.486 e. The Morgan fingerprint density at radius 2 is 2.08 bits per heavy atom. The zero-order valence-electron chi connectivity index (χ0n) is 13.6. The van der Waals surface area contributed by atoms with Crippen molar-refractivity contribution in [3.8, 4) is 5.75 Å². The van der Waals surface area contributed by atoms with Crippen molar-refractivity contribution >= 4 is 11.9 Å². The second kappa shape index (κ2) is 7.31. The van der Waals surface area contributed by atoms with Gasteiger partial charge in [-0.1, -0.05) is 0 Å². The molecule has 2 aromatic rings. The monoisotopic (exact) mass is 346 g/mol. The smallest absolute Gasteiger partial charge is 0.335 e. The number of aromatic carboxylic acids is 1. The fourth-order valence-corrected chi connectivity index (χ4v) is 2.58. The number of H-pyrrole nitrogens is 1. The van der Waals surface area contributed by atoms with Crippen LogP contribution >= 0.6 is 0 Å². The molecule has 9 nitrogen and oxygen atoms in total. The summed E-state index contributed by atoms with van der Waals surface area (Å²) >= 11 is 0. The summed E-state index contributed by atoms with van der Waals surface area (Å²) in [4.78, 5) is 23.2. The molecule has 1 aliphatic heterocycles. The van der Waals surface area contributed by atoms with Gasteiger partial charge in [-0.15, -0.1) is 0 Å². The molecule has 132 valence electrons. The topological polar surface area (TPSA) is 126 Å². The van der Waals surface area contributed by atoms with Crippen LogP contribution in [0, 0.1) is 6.92 Å². The first-order chi connectivity index (χ1) is 12.0. The second-order valence-corrected chi connectivity index (χ2v) is 5.69. The van der Waals surface area contributed by atoms with Crippen molar-refractivity contribution in [2.75, 3.05) is 13.2 Å². The highest BCUT2D eigenvalue weighted by atomic mass is 16.5. The van der Waals surface area contributed by atoms with Gasteiger partial charge < -0.3 is 19.9 Å². The van der Waals surface area contributed by atoms with Gasteiger partial charge in [0.1, 0.15) is 11.9 Å². The van der Waals surface area contributed by atoms with E-state index < -0.39 is 5.97 Å². The standard InChI is InChI=1S/C16H18N4O5/c1-9-14(19-20-18-9)15(21)17-12-6-7-24-8-13(12)25-11-4-2-10(3-5-11)16(22)23/h2-5,12-13H,6-8H2,1H3,(H,17,21)(H,22,23)(H,18,19,20)/t12-,13-/m1/s1. The van der Waals surface area contributed by atoms with Gasteiger partial charge in [0.15, 0.2) is 5.69 Å². The molecule has 3 rings (SSSR count). The number of carbonyl (C=O) groups is 2. The maximum Gasteiger partial charge on any atom is 0.335 e. The number of nitrogens with one attached hydrogen (secondary N) is 2. The highest BCUT2D eigenvalue weighted by molar-refractivity contribution is 5.93. The second-order valence-electron chi connectivity index (χ2n) is 5.69. The Bertz CT molecular complexity index is 758. The first-order valence-corrected chi connectivity index (χ1v) is 7.80. The summed E-state index contributed by atoms with van der Waals surface area (Å²) in [5.41, 5.74) is 0.945. The van der Waals surface area contributed by atoms with Crippen molar-refractivity contribution in [1.29, 1.82) is 0 Å². The number of aryl methyl sites for hydroxylation is 1. The number of ether oxygens (including phenoxy) is 2. The van der Waals surface area contributed by atoms with E-state index in [0.717, 1.165) is 0 Å². The van der Waals surface area contributed by atoms with Crippen LogP contribution in [0.25, 0.3) is 0 Å². The van der Waals surface area contributed by atoms with Crippen LogP contribution in [0.4, 0.5) is 0 Å². The number of amides is 1. The molecule has 0 radical (unpaired) electrons. The van der Waals surface area contributed by atoms with Crippen molar-refractivity contribution in [1.82, 2.24) is 20.7 Å². The van der Waals surface area contributed by atoms with Crippen LogP contribution in [0.3, 0.4) is 0 Å². The number of nitrogens with zero attached hydrogens (tertiary/aromatic N) is 2. The number of hydrogen-bond donors (Lipinski definition) is 3. The van der Waals surface area contributed by atoms with Gasteiger partial charge in [-0.2, -0.15) is 15.4 Å². The van der Waals surface area contributed by atoms with Crippen LogP contribution in [0.2, 0.25) is 0 Å². The number of aromatic nitrogens is 3. The molecule has 1 aliphatic rings. The van der Waals surface area contributed by atoms with Crippen molar-refractivity contribution in [2.45, 2.75) is 25.5 Å². The van der Waals surface area contributed by atoms with Crippen LogP contribution in [-0.4, -0.2) is 57.8 Å². The number of aromatic amines is 1. The Kier molecular flexibility index (Phi) is 4.94. The molecule has 0 unspecified atom stereocenters. The van der Waals surface area contributed by atoms with Gasteiger partial charge in [0.25, 0.3) is 5.91 Å². The molecule has 1 fully saturated rings. The minimum atomic E-state index is -0.999. The molecular weight excluding hydrogens is 328 g/mol. The highest BCUT2D eigenvalue weighted by Gasteiger charge is 2.30. The van der Waals surface area contributed by atoms with Gasteiger partial charge in [-0.05, 0) is 37.6 Å². The number of carbonyl (C=O) groups excluding carboxylic acids is 1. The Morgan fingerprint density at radius 3 is 2.72 bits per heavy atom. The van der Waals surface area contributed by atoms with Crippen LogP contribution in [0.15, 0.2) is 24.3 Å². The molecule has 9 heteroatoms. The summed E-state index contributed by atoms with van der Waals surface area (Å²) in [5, 5.41) is 21.9. The van der Waals surface area contributed by atoms with Crippen molar-refractivity contribution in [3.05, 3.63) is 41.2 Å². The molecule has 1 amide bonds. The molecule has 2 atom stereocenters. The first kappa shape index (κ1) is 16.9. The average molecular weight is 346 g/mol. The number of hydrogen-bond acceptors (Lipinski definition) is 6. The van der Waals surface area contributed by atoms with Crippen LogP contribution in [0.1, 0.15) is 33.0 Å². The molecule has 0 saturated carbocycles. The quantitative estimate of drug-likeness (QED) is 0.730. The van der Waals surface area contributed by atoms with Crippen molar-refractivity contribution in [2.24, 2.45) is 0 Å². The van der Waals surface area contributed by atoms with Crippen molar-refractivity contribution in [3.63, 3.8) is 0 Å². The lowest BCUT2D eigenvalue weighted by molar-refractivity contribution is -0.0135. The first-order valence-electron chi connectivity index (χ1n) is 7.80. The summed E-state index contributed by atoms with van der Waals surface area (Å²) in [7, 11) is 0.